The summed E-state index contributed by atoms with van der Waals surface area (Å²) in [6.07, 6.45) is 7.76. The predicted molar refractivity (Wildman–Crippen MR) is 95.5 cm³/mol. The predicted octanol–water partition coefficient (Wildman–Crippen LogP) is 4.79. The van der Waals surface area contributed by atoms with Gasteiger partial charge in [-0.05, 0) is 48.9 Å². The smallest absolute Gasteiger partial charge is 0.119 e. The van der Waals surface area contributed by atoms with Crippen LogP contribution in [0.15, 0.2) is 24.3 Å². The van der Waals surface area contributed by atoms with Gasteiger partial charge in [0.2, 0.25) is 0 Å². The van der Waals surface area contributed by atoms with E-state index in [9.17, 15) is 5.11 Å². The fraction of sp³-hybridized carbons (Fsp3) is 0.619. The third-order valence-electron chi connectivity index (χ3n) is 4.81. The molecule has 1 unspecified atom stereocenters. The SMILES string of the molecule is CCCOc1ccc(C#CC(O)CC2CCC(CC)CC2)cc1. The third-order valence-corrected chi connectivity index (χ3v) is 4.81. The van der Waals surface area contributed by atoms with Crippen LogP contribution in [-0.4, -0.2) is 17.8 Å². The number of benzene rings is 1. The van der Waals surface area contributed by atoms with Crippen LogP contribution in [0.25, 0.3) is 0 Å². The average molecular weight is 314 g/mol. The van der Waals surface area contributed by atoms with Gasteiger partial charge in [0, 0.05) is 5.56 Å². The first-order chi connectivity index (χ1) is 11.2. The van der Waals surface area contributed by atoms with Crippen LogP contribution < -0.4 is 4.74 Å². The van der Waals surface area contributed by atoms with Crippen molar-refractivity contribution in [3.05, 3.63) is 29.8 Å². The molecule has 1 aromatic rings. The maximum Gasteiger partial charge on any atom is 0.119 e. The first-order valence-corrected chi connectivity index (χ1v) is 9.13. The van der Waals surface area contributed by atoms with Gasteiger partial charge in [-0.3, -0.25) is 0 Å². The molecule has 2 nitrogen and oxygen atoms in total. The molecule has 23 heavy (non-hydrogen) atoms. The number of ether oxygens (including phenoxy) is 1. The summed E-state index contributed by atoms with van der Waals surface area (Å²) in [6.45, 7) is 5.11. The second-order valence-electron chi connectivity index (χ2n) is 6.69. The molecular weight excluding hydrogens is 284 g/mol. The van der Waals surface area contributed by atoms with Gasteiger partial charge in [-0.2, -0.15) is 0 Å². The molecule has 2 heteroatoms. The van der Waals surface area contributed by atoms with Crippen LogP contribution in [0.4, 0.5) is 0 Å². The molecule has 1 aliphatic carbocycles. The zero-order valence-electron chi connectivity index (χ0n) is 14.6. The van der Waals surface area contributed by atoms with Gasteiger partial charge < -0.3 is 9.84 Å². The molecule has 1 N–H and O–H groups in total. The van der Waals surface area contributed by atoms with Crippen molar-refractivity contribution in [1.82, 2.24) is 0 Å². The summed E-state index contributed by atoms with van der Waals surface area (Å²) in [6, 6.07) is 7.80. The zero-order valence-corrected chi connectivity index (χ0v) is 14.6. The van der Waals surface area contributed by atoms with E-state index in [-0.39, 0.29) is 0 Å². The summed E-state index contributed by atoms with van der Waals surface area (Å²) >= 11 is 0. The fourth-order valence-electron chi connectivity index (χ4n) is 3.27. The highest BCUT2D eigenvalue weighted by Gasteiger charge is 2.21. The van der Waals surface area contributed by atoms with E-state index in [1.807, 2.05) is 24.3 Å². The van der Waals surface area contributed by atoms with Gasteiger partial charge in [0.15, 0.2) is 0 Å². The Balaban J connectivity index is 1.79. The molecule has 1 atom stereocenters. The van der Waals surface area contributed by atoms with Crippen molar-refractivity contribution >= 4 is 0 Å². The molecule has 0 spiro atoms. The van der Waals surface area contributed by atoms with Crippen molar-refractivity contribution < 1.29 is 9.84 Å². The van der Waals surface area contributed by atoms with E-state index in [4.69, 9.17) is 4.74 Å². The molecule has 0 bridgehead atoms. The topological polar surface area (TPSA) is 29.5 Å². The van der Waals surface area contributed by atoms with Gasteiger partial charge in [0.05, 0.1) is 6.61 Å². The van der Waals surface area contributed by atoms with Crippen molar-refractivity contribution in [3.63, 3.8) is 0 Å². The van der Waals surface area contributed by atoms with E-state index in [1.54, 1.807) is 0 Å². The van der Waals surface area contributed by atoms with Crippen LogP contribution in [0.1, 0.15) is 64.4 Å². The van der Waals surface area contributed by atoms with Crippen LogP contribution >= 0.6 is 0 Å². The number of aliphatic hydroxyl groups is 1. The Labute approximate surface area is 141 Å². The van der Waals surface area contributed by atoms with E-state index >= 15 is 0 Å². The van der Waals surface area contributed by atoms with Gasteiger partial charge in [0.25, 0.3) is 0 Å². The van der Waals surface area contributed by atoms with Crippen LogP contribution in [-0.2, 0) is 0 Å². The molecular formula is C21H30O2. The van der Waals surface area contributed by atoms with Crippen LogP contribution in [0.5, 0.6) is 5.75 Å². The van der Waals surface area contributed by atoms with E-state index < -0.39 is 6.10 Å². The van der Waals surface area contributed by atoms with Gasteiger partial charge in [-0.1, -0.05) is 57.8 Å². The molecule has 0 saturated heterocycles. The van der Waals surface area contributed by atoms with Crippen LogP contribution in [0.2, 0.25) is 0 Å². The second kappa shape index (κ2) is 9.63. The van der Waals surface area contributed by atoms with Crippen LogP contribution in [0.3, 0.4) is 0 Å². The summed E-state index contributed by atoms with van der Waals surface area (Å²) in [7, 11) is 0. The second-order valence-corrected chi connectivity index (χ2v) is 6.69. The van der Waals surface area contributed by atoms with Crippen LogP contribution in [0, 0.1) is 23.7 Å². The van der Waals surface area contributed by atoms with E-state index in [0.29, 0.717) is 5.92 Å². The molecule has 0 radical (unpaired) electrons. The monoisotopic (exact) mass is 314 g/mol. The van der Waals surface area contributed by atoms with Crippen molar-refractivity contribution in [1.29, 1.82) is 0 Å². The summed E-state index contributed by atoms with van der Waals surface area (Å²) in [5.74, 6) is 8.51. The molecule has 0 amide bonds. The number of rotatable bonds is 6. The van der Waals surface area contributed by atoms with Crippen molar-refractivity contribution in [2.45, 2.75) is 64.9 Å². The van der Waals surface area contributed by atoms with Crippen molar-refractivity contribution in [2.24, 2.45) is 11.8 Å². The first kappa shape index (κ1) is 17.9. The Morgan fingerprint density at radius 2 is 1.74 bits per heavy atom. The van der Waals surface area contributed by atoms with Gasteiger partial charge >= 0.3 is 0 Å². The van der Waals surface area contributed by atoms with Gasteiger partial charge in [-0.15, -0.1) is 0 Å². The Morgan fingerprint density at radius 1 is 1.09 bits per heavy atom. The normalized spacial score (nSPS) is 22.0. The lowest BCUT2D eigenvalue weighted by molar-refractivity contribution is 0.163. The first-order valence-electron chi connectivity index (χ1n) is 9.13. The summed E-state index contributed by atoms with van der Waals surface area (Å²) in [4.78, 5) is 0. The van der Waals surface area contributed by atoms with E-state index in [0.717, 1.165) is 36.7 Å². The Morgan fingerprint density at radius 3 is 2.35 bits per heavy atom. The summed E-state index contributed by atoms with van der Waals surface area (Å²) < 4.78 is 5.56. The highest BCUT2D eigenvalue weighted by molar-refractivity contribution is 5.38. The van der Waals surface area contributed by atoms with Crippen molar-refractivity contribution in [3.8, 4) is 17.6 Å². The Bertz CT molecular complexity index is 501. The molecule has 2 rings (SSSR count). The maximum absolute atomic E-state index is 10.2. The molecule has 1 fully saturated rings. The minimum Gasteiger partial charge on any atom is -0.494 e. The average Bonchev–Trinajstić information content (AvgIpc) is 2.59. The molecule has 1 aliphatic rings. The summed E-state index contributed by atoms with van der Waals surface area (Å²) in [5, 5.41) is 10.2. The molecule has 1 aromatic carbocycles. The largest absolute Gasteiger partial charge is 0.494 e. The fourth-order valence-corrected chi connectivity index (χ4v) is 3.27. The minimum absolute atomic E-state index is 0.505. The van der Waals surface area contributed by atoms with Gasteiger partial charge in [0.1, 0.15) is 11.9 Å². The lowest BCUT2D eigenvalue weighted by Crippen LogP contribution is -2.18. The van der Waals surface area contributed by atoms with E-state index in [2.05, 4.69) is 25.7 Å². The van der Waals surface area contributed by atoms with Crippen molar-refractivity contribution in [2.75, 3.05) is 6.61 Å². The molecule has 126 valence electrons. The van der Waals surface area contributed by atoms with E-state index in [1.165, 1.54) is 32.1 Å². The standard InChI is InChI=1S/C21H30O2/c1-3-15-23-21-13-10-18(11-14-21)9-12-20(22)16-19-7-5-17(4-2)6-8-19/h10-11,13-14,17,19-20,22H,3-8,15-16H2,1-2H3. The zero-order chi connectivity index (χ0) is 16.5. The quantitative estimate of drug-likeness (QED) is 0.765. The molecule has 0 aromatic heterocycles. The molecule has 0 aliphatic heterocycles. The minimum atomic E-state index is -0.505. The maximum atomic E-state index is 10.2. The molecule has 1 saturated carbocycles. The number of hydrogen-bond acceptors (Lipinski definition) is 2. The number of hydrogen-bond donors (Lipinski definition) is 1. The Kier molecular flexibility index (Phi) is 7.49. The molecule has 0 heterocycles. The Hall–Kier alpha value is -1.46. The highest BCUT2D eigenvalue weighted by atomic mass is 16.5. The third kappa shape index (κ3) is 6.28. The number of aliphatic hydroxyl groups excluding tert-OH is 1. The highest BCUT2D eigenvalue weighted by Crippen LogP contribution is 2.32. The van der Waals surface area contributed by atoms with Gasteiger partial charge in [-0.25, -0.2) is 0 Å². The lowest BCUT2D eigenvalue weighted by atomic mass is 9.79. The lowest BCUT2D eigenvalue weighted by Gasteiger charge is -2.28. The summed E-state index contributed by atoms with van der Waals surface area (Å²) in [5.41, 5.74) is 0.933.